The van der Waals surface area contributed by atoms with Crippen LogP contribution >= 0.6 is 0 Å². The molecule has 0 unspecified atom stereocenters. The number of hydrogen-bond donors (Lipinski definition) is 1. The summed E-state index contributed by atoms with van der Waals surface area (Å²) in [7, 11) is -2.25. The van der Waals surface area contributed by atoms with Crippen LogP contribution in [0.1, 0.15) is 16.1 Å². The zero-order valence-electron chi connectivity index (χ0n) is 17.6. The van der Waals surface area contributed by atoms with Crippen LogP contribution in [0.3, 0.4) is 0 Å². The molecule has 32 heavy (non-hydrogen) atoms. The van der Waals surface area contributed by atoms with Crippen molar-refractivity contribution in [1.82, 2.24) is 9.78 Å². The lowest BCUT2D eigenvalue weighted by Crippen LogP contribution is -2.26. The normalized spacial score (nSPS) is 11.2. The van der Waals surface area contributed by atoms with Gasteiger partial charge in [0.25, 0.3) is 15.9 Å². The number of carbonyl (C=O) groups excluding carboxylic acids is 1. The molecule has 0 bridgehead atoms. The van der Waals surface area contributed by atoms with Crippen molar-refractivity contribution in [3.8, 4) is 5.69 Å². The highest BCUT2D eigenvalue weighted by molar-refractivity contribution is 7.92. The fourth-order valence-electron chi connectivity index (χ4n) is 3.26. The largest absolute Gasteiger partial charge is 0.306 e. The number of amides is 1. The van der Waals surface area contributed by atoms with Gasteiger partial charge in [0.05, 0.1) is 22.0 Å². The van der Waals surface area contributed by atoms with E-state index in [4.69, 9.17) is 0 Å². The van der Waals surface area contributed by atoms with Crippen molar-refractivity contribution in [3.05, 3.63) is 102 Å². The number of anilines is 2. The van der Waals surface area contributed by atoms with E-state index in [0.717, 1.165) is 11.4 Å². The number of nitrogens with one attached hydrogen (secondary N) is 1. The average Bonchev–Trinajstić information content (AvgIpc) is 3.19. The summed E-state index contributed by atoms with van der Waals surface area (Å²) < 4.78 is 28.7. The fourth-order valence-corrected chi connectivity index (χ4v) is 4.45. The maximum Gasteiger partial charge on any atom is 0.264 e. The maximum atomic E-state index is 12.9. The van der Waals surface area contributed by atoms with E-state index in [1.54, 1.807) is 35.0 Å². The number of aromatic nitrogens is 2. The number of carbonyl (C=O) groups is 1. The van der Waals surface area contributed by atoms with E-state index in [0.29, 0.717) is 17.1 Å². The standard InChI is InChI=1S/C24H22N4O3S/c1-18-17-23(28(26-18)21-11-7-4-8-12-21)25-24(29)19-13-15-22(16-14-19)32(30,31)27(2)20-9-5-3-6-10-20/h3-17H,1-2H3,(H,25,29). The van der Waals surface area contributed by atoms with Gasteiger partial charge in [0.1, 0.15) is 5.82 Å². The minimum absolute atomic E-state index is 0.102. The van der Waals surface area contributed by atoms with Gasteiger partial charge in [-0.05, 0) is 55.5 Å². The molecular formula is C24H22N4O3S. The first-order chi connectivity index (χ1) is 15.4. The second-order valence-corrected chi connectivity index (χ2v) is 9.17. The van der Waals surface area contributed by atoms with Crippen LogP contribution in [-0.4, -0.2) is 31.2 Å². The van der Waals surface area contributed by atoms with Gasteiger partial charge in [0.15, 0.2) is 0 Å². The van der Waals surface area contributed by atoms with Crippen LogP contribution in [0, 0.1) is 6.92 Å². The summed E-state index contributed by atoms with van der Waals surface area (Å²) in [5.41, 5.74) is 2.47. The summed E-state index contributed by atoms with van der Waals surface area (Å²) in [6, 6.07) is 25.9. The molecule has 0 aliphatic heterocycles. The Morgan fingerprint density at radius 2 is 1.50 bits per heavy atom. The molecule has 4 rings (SSSR count). The van der Waals surface area contributed by atoms with Crippen LogP contribution in [0.15, 0.2) is 95.9 Å². The Bertz CT molecular complexity index is 1330. The molecule has 7 nitrogen and oxygen atoms in total. The zero-order chi connectivity index (χ0) is 22.7. The van der Waals surface area contributed by atoms with Gasteiger partial charge in [0, 0.05) is 18.7 Å². The molecule has 0 aliphatic rings. The van der Waals surface area contributed by atoms with Gasteiger partial charge < -0.3 is 5.32 Å². The number of hydrogen-bond acceptors (Lipinski definition) is 4. The highest BCUT2D eigenvalue weighted by atomic mass is 32.2. The smallest absolute Gasteiger partial charge is 0.264 e. The fraction of sp³-hybridized carbons (Fsp3) is 0.0833. The molecule has 1 N–H and O–H groups in total. The van der Waals surface area contributed by atoms with Crippen LogP contribution in [-0.2, 0) is 10.0 Å². The monoisotopic (exact) mass is 446 g/mol. The quantitative estimate of drug-likeness (QED) is 0.480. The van der Waals surface area contributed by atoms with Gasteiger partial charge in [0.2, 0.25) is 0 Å². The van der Waals surface area contributed by atoms with E-state index in [-0.39, 0.29) is 10.8 Å². The first-order valence-electron chi connectivity index (χ1n) is 9.94. The molecule has 1 aromatic heterocycles. The van der Waals surface area contributed by atoms with Gasteiger partial charge in [-0.25, -0.2) is 13.1 Å². The molecule has 0 radical (unpaired) electrons. The lowest BCUT2D eigenvalue weighted by Gasteiger charge is -2.19. The van der Waals surface area contributed by atoms with Crippen LogP contribution < -0.4 is 9.62 Å². The summed E-state index contributed by atoms with van der Waals surface area (Å²) in [5.74, 6) is 0.168. The SMILES string of the molecule is Cc1cc(NC(=O)c2ccc(S(=O)(=O)N(C)c3ccccc3)cc2)n(-c2ccccc2)n1. The van der Waals surface area contributed by atoms with Crippen molar-refractivity contribution in [2.45, 2.75) is 11.8 Å². The summed E-state index contributed by atoms with van der Waals surface area (Å²) in [5, 5.41) is 7.29. The number of sulfonamides is 1. The molecule has 0 atom stereocenters. The van der Waals surface area contributed by atoms with Crippen molar-refractivity contribution in [1.29, 1.82) is 0 Å². The summed E-state index contributed by atoms with van der Waals surface area (Å²) in [4.78, 5) is 12.9. The minimum Gasteiger partial charge on any atom is -0.306 e. The molecule has 0 saturated carbocycles. The molecule has 8 heteroatoms. The molecule has 1 amide bonds. The number of benzene rings is 3. The Hall–Kier alpha value is -3.91. The Kier molecular flexibility index (Phi) is 5.79. The molecule has 4 aromatic rings. The number of para-hydroxylation sites is 2. The highest BCUT2D eigenvalue weighted by Crippen LogP contribution is 2.23. The first-order valence-corrected chi connectivity index (χ1v) is 11.4. The lowest BCUT2D eigenvalue weighted by molar-refractivity contribution is 0.102. The Balaban J connectivity index is 1.55. The molecule has 0 spiro atoms. The molecule has 162 valence electrons. The van der Waals surface area contributed by atoms with Gasteiger partial charge in [-0.1, -0.05) is 36.4 Å². The molecule has 1 heterocycles. The Morgan fingerprint density at radius 1 is 0.906 bits per heavy atom. The number of rotatable bonds is 6. The van der Waals surface area contributed by atoms with Crippen molar-refractivity contribution in [2.75, 3.05) is 16.7 Å². The van der Waals surface area contributed by atoms with Crippen LogP contribution in [0.2, 0.25) is 0 Å². The topological polar surface area (TPSA) is 84.3 Å². The van der Waals surface area contributed by atoms with Crippen molar-refractivity contribution >= 4 is 27.4 Å². The van der Waals surface area contributed by atoms with Gasteiger partial charge in [-0.15, -0.1) is 0 Å². The van der Waals surface area contributed by atoms with Gasteiger partial charge in [-0.3, -0.25) is 9.10 Å². The third kappa shape index (κ3) is 4.26. The van der Waals surface area contributed by atoms with E-state index in [1.807, 2.05) is 43.3 Å². The average molecular weight is 447 g/mol. The first kappa shape index (κ1) is 21.3. The summed E-state index contributed by atoms with van der Waals surface area (Å²) in [6.07, 6.45) is 0. The summed E-state index contributed by atoms with van der Waals surface area (Å²) in [6.45, 7) is 1.85. The van der Waals surface area contributed by atoms with Crippen LogP contribution in [0.4, 0.5) is 11.5 Å². The van der Waals surface area contributed by atoms with Gasteiger partial charge in [-0.2, -0.15) is 5.10 Å². The maximum absolute atomic E-state index is 12.9. The Morgan fingerprint density at radius 3 is 2.12 bits per heavy atom. The molecular weight excluding hydrogens is 424 g/mol. The second kappa shape index (κ2) is 8.68. The highest BCUT2D eigenvalue weighted by Gasteiger charge is 2.21. The van der Waals surface area contributed by atoms with E-state index in [9.17, 15) is 13.2 Å². The van der Waals surface area contributed by atoms with E-state index in [1.165, 1.54) is 35.6 Å². The zero-order valence-corrected chi connectivity index (χ0v) is 18.5. The lowest BCUT2D eigenvalue weighted by atomic mass is 10.2. The van der Waals surface area contributed by atoms with Gasteiger partial charge >= 0.3 is 0 Å². The van der Waals surface area contributed by atoms with Crippen LogP contribution in [0.5, 0.6) is 0 Å². The number of nitrogens with zero attached hydrogens (tertiary/aromatic N) is 3. The van der Waals surface area contributed by atoms with E-state index >= 15 is 0 Å². The van der Waals surface area contributed by atoms with E-state index < -0.39 is 10.0 Å². The predicted octanol–water partition coefficient (Wildman–Crippen LogP) is 4.26. The number of aryl methyl sites for hydroxylation is 1. The van der Waals surface area contributed by atoms with Crippen LogP contribution in [0.25, 0.3) is 5.69 Å². The molecule has 0 fully saturated rings. The predicted molar refractivity (Wildman–Crippen MR) is 125 cm³/mol. The minimum atomic E-state index is -3.75. The molecule has 0 aliphatic carbocycles. The molecule has 3 aromatic carbocycles. The second-order valence-electron chi connectivity index (χ2n) is 7.20. The third-order valence-corrected chi connectivity index (χ3v) is 6.77. The van der Waals surface area contributed by atoms with Crippen molar-refractivity contribution in [3.63, 3.8) is 0 Å². The van der Waals surface area contributed by atoms with E-state index in [2.05, 4.69) is 10.4 Å². The Labute approximate surface area is 187 Å². The summed E-state index contributed by atoms with van der Waals surface area (Å²) >= 11 is 0. The van der Waals surface area contributed by atoms with Crippen molar-refractivity contribution < 1.29 is 13.2 Å². The molecule has 0 saturated heterocycles. The third-order valence-electron chi connectivity index (χ3n) is 4.97. The van der Waals surface area contributed by atoms with Crippen molar-refractivity contribution in [2.24, 2.45) is 0 Å².